The van der Waals surface area contributed by atoms with Crippen molar-refractivity contribution in [2.45, 2.75) is 26.7 Å². The molecule has 0 heterocycles. The van der Waals surface area contributed by atoms with Gasteiger partial charge in [-0.1, -0.05) is 31.5 Å². The zero-order chi connectivity index (χ0) is 12.9. The Bertz CT molecular complexity index is 364. The Kier molecular flexibility index (Phi) is 4.55. The average molecular weight is 235 g/mol. The Morgan fingerprint density at radius 1 is 1.35 bits per heavy atom. The van der Waals surface area contributed by atoms with Crippen molar-refractivity contribution < 1.29 is 9.90 Å². The highest BCUT2D eigenvalue weighted by molar-refractivity contribution is 5.75. The molecule has 94 valence electrons. The number of benzene rings is 1. The van der Waals surface area contributed by atoms with E-state index in [9.17, 15) is 9.90 Å². The number of carboxylic acid groups (broad SMARTS) is 1. The average Bonchev–Trinajstić information content (AvgIpc) is 2.30. The molecule has 1 unspecified atom stereocenters. The molecule has 3 heteroatoms. The van der Waals surface area contributed by atoms with Crippen LogP contribution < -0.4 is 4.90 Å². The van der Waals surface area contributed by atoms with Crippen molar-refractivity contribution in [1.82, 2.24) is 0 Å². The first-order chi connectivity index (χ1) is 7.99. The molecule has 1 rings (SSSR count). The van der Waals surface area contributed by atoms with Crippen molar-refractivity contribution in [3.8, 4) is 0 Å². The van der Waals surface area contributed by atoms with Gasteiger partial charge in [-0.25, -0.2) is 0 Å². The molecule has 0 radical (unpaired) electrons. The van der Waals surface area contributed by atoms with Gasteiger partial charge in [0.25, 0.3) is 0 Å². The minimum Gasteiger partial charge on any atom is -0.481 e. The summed E-state index contributed by atoms with van der Waals surface area (Å²) in [6.45, 7) is 4.36. The maximum absolute atomic E-state index is 11.4. The largest absolute Gasteiger partial charge is 0.481 e. The van der Waals surface area contributed by atoms with Gasteiger partial charge in [0, 0.05) is 19.3 Å². The summed E-state index contributed by atoms with van der Waals surface area (Å²) in [5.41, 5.74) is 0.371. The molecule has 0 saturated heterocycles. The normalized spacial score (nSPS) is 14.1. The fraction of sp³-hybridized carbons (Fsp3) is 0.500. The smallest absolute Gasteiger partial charge is 0.311 e. The monoisotopic (exact) mass is 235 g/mol. The van der Waals surface area contributed by atoms with Crippen LogP contribution in [0, 0.1) is 5.41 Å². The fourth-order valence-corrected chi connectivity index (χ4v) is 2.10. The molecule has 0 aliphatic rings. The van der Waals surface area contributed by atoms with Crippen LogP contribution in [0.5, 0.6) is 0 Å². The van der Waals surface area contributed by atoms with Crippen LogP contribution >= 0.6 is 0 Å². The van der Waals surface area contributed by atoms with Crippen molar-refractivity contribution >= 4 is 11.7 Å². The SMILES string of the molecule is CCCC(C)(CN(C)c1ccccc1)C(=O)O. The van der Waals surface area contributed by atoms with Crippen molar-refractivity contribution in [2.75, 3.05) is 18.5 Å². The lowest BCUT2D eigenvalue weighted by molar-refractivity contribution is -0.147. The number of aliphatic carboxylic acids is 1. The Hall–Kier alpha value is -1.51. The maximum Gasteiger partial charge on any atom is 0.311 e. The van der Waals surface area contributed by atoms with Crippen molar-refractivity contribution in [1.29, 1.82) is 0 Å². The van der Waals surface area contributed by atoms with Gasteiger partial charge in [0.05, 0.1) is 5.41 Å². The molecular formula is C14H21NO2. The van der Waals surface area contributed by atoms with E-state index >= 15 is 0 Å². The summed E-state index contributed by atoms with van der Waals surface area (Å²) in [7, 11) is 1.94. The van der Waals surface area contributed by atoms with Crippen LogP contribution in [0.4, 0.5) is 5.69 Å². The van der Waals surface area contributed by atoms with E-state index in [1.165, 1.54) is 0 Å². The third-order valence-corrected chi connectivity index (χ3v) is 3.10. The van der Waals surface area contributed by atoms with Gasteiger partial charge in [0.2, 0.25) is 0 Å². The summed E-state index contributed by atoms with van der Waals surface area (Å²) >= 11 is 0. The van der Waals surface area contributed by atoms with E-state index in [0.29, 0.717) is 13.0 Å². The van der Waals surface area contributed by atoms with Gasteiger partial charge in [0.1, 0.15) is 0 Å². The summed E-state index contributed by atoms with van der Waals surface area (Å²) in [6, 6.07) is 9.87. The highest BCUT2D eigenvalue weighted by Gasteiger charge is 2.33. The number of nitrogens with zero attached hydrogens (tertiary/aromatic N) is 1. The first-order valence-corrected chi connectivity index (χ1v) is 5.99. The maximum atomic E-state index is 11.4. The lowest BCUT2D eigenvalue weighted by atomic mass is 9.85. The molecule has 17 heavy (non-hydrogen) atoms. The summed E-state index contributed by atoms with van der Waals surface area (Å²) in [5, 5.41) is 9.33. The first kappa shape index (κ1) is 13.6. The Morgan fingerprint density at radius 3 is 2.41 bits per heavy atom. The molecule has 3 nitrogen and oxygen atoms in total. The van der Waals surface area contributed by atoms with E-state index in [1.807, 2.05) is 56.1 Å². The second-order valence-corrected chi connectivity index (χ2v) is 4.81. The topological polar surface area (TPSA) is 40.5 Å². The van der Waals surface area contributed by atoms with E-state index in [0.717, 1.165) is 12.1 Å². The van der Waals surface area contributed by atoms with Gasteiger partial charge in [-0.15, -0.1) is 0 Å². The Labute approximate surface area is 103 Å². The van der Waals surface area contributed by atoms with Crippen LogP contribution in [0.2, 0.25) is 0 Å². The fourth-order valence-electron chi connectivity index (χ4n) is 2.10. The van der Waals surface area contributed by atoms with Gasteiger partial charge in [-0.3, -0.25) is 4.79 Å². The van der Waals surface area contributed by atoms with Crippen LogP contribution in [0.3, 0.4) is 0 Å². The van der Waals surface area contributed by atoms with E-state index < -0.39 is 11.4 Å². The molecule has 1 aromatic carbocycles. The van der Waals surface area contributed by atoms with Crippen molar-refractivity contribution in [3.63, 3.8) is 0 Å². The van der Waals surface area contributed by atoms with Crippen LogP contribution in [0.15, 0.2) is 30.3 Å². The van der Waals surface area contributed by atoms with Gasteiger partial charge < -0.3 is 10.0 Å². The molecule has 0 saturated carbocycles. The number of carboxylic acids is 1. The third-order valence-electron chi connectivity index (χ3n) is 3.10. The third kappa shape index (κ3) is 3.48. The van der Waals surface area contributed by atoms with Crippen LogP contribution in [0.25, 0.3) is 0 Å². The number of anilines is 1. The predicted molar refractivity (Wildman–Crippen MR) is 70.4 cm³/mol. The number of hydrogen-bond donors (Lipinski definition) is 1. The Balaban J connectivity index is 2.78. The summed E-state index contributed by atoms with van der Waals surface area (Å²) in [4.78, 5) is 13.4. The second-order valence-electron chi connectivity index (χ2n) is 4.81. The molecule has 0 aliphatic carbocycles. The molecule has 0 aromatic heterocycles. The summed E-state index contributed by atoms with van der Waals surface area (Å²) in [6.07, 6.45) is 1.57. The first-order valence-electron chi connectivity index (χ1n) is 5.99. The lowest BCUT2D eigenvalue weighted by Crippen LogP contribution is -2.39. The molecule has 0 amide bonds. The van der Waals surface area contributed by atoms with Crippen molar-refractivity contribution in [2.24, 2.45) is 5.41 Å². The lowest BCUT2D eigenvalue weighted by Gasteiger charge is -2.31. The molecule has 1 atom stereocenters. The standard InChI is InChI=1S/C14H21NO2/c1-4-10-14(2,13(16)17)11-15(3)12-8-6-5-7-9-12/h5-9H,4,10-11H2,1-3H3,(H,16,17). The second kappa shape index (κ2) is 5.71. The number of hydrogen-bond acceptors (Lipinski definition) is 2. The van der Waals surface area contributed by atoms with E-state index in [4.69, 9.17) is 0 Å². The molecule has 0 spiro atoms. The van der Waals surface area contributed by atoms with E-state index in [-0.39, 0.29) is 0 Å². The quantitative estimate of drug-likeness (QED) is 0.824. The van der Waals surface area contributed by atoms with Gasteiger partial charge in [0.15, 0.2) is 0 Å². The molecular weight excluding hydrogens is 214 g/mol. The highest BCUT2D eigenvalue weighted by atomic mass is 16.4. The number of para-hydroxylation sites is 1. The van der Waals surface area contributed by atoms with Gasteiger partial charge >= 0.3 is 5.97 Å². The Morgan fingerprint density at radius 2 is 1.94 bits per heavy atom. The van der Waals surface area contributed by atoms with Crippen LogP contribution in [-0.2, 0) is 4.79 Å². The number of rotatable bonds is 6. The minimum absolute atomic E-state index is 0.528. The molecule has 1 aromatic rings. The molecule has 0 bridgehead atoms. The minimum atomic E-state index is -0.720. The summed E-state index contributed by atoms with van der Waals surface area (Å²) in [5.74, 6) is -0.720. The van der Waals surface area contributed by atoms with Gasteiger partial charge in [-0.2, -0.15) is 0 Å². The van der Waals surface area contributed by atoms with Crippen LogP contribution in [-0.4, -0.2) is 24.7 Å². The van der Waals surface area contributed by atoms with E-state index in [2.05, 4.69) is 0 Å². The molecule has 0 fully saturated rings. The van der Waals surface area contributed by atoms with Crippen LogP contribution in [0.1, 0.15) is 26.7 Å². The zero-order valence-electron chi connectivity index (χ0n) is 10.8. The molecule has 1 N–H and O–H groups in total. The van der Waals surface area contributed by atoms with Crippen molar-refractivity contribution in [3.05, 3.63) is 30.3 Å². The zero-order valence-corrected chi connectivity index (χ0v) is 10.8. The summed E-state index contributed by atoms with van der Waals surface area (Å²) < 4.78 is 0. The molecule has 0 aliphatic heterocycles. The van der Waals surface area contributed by atoms with Gasteiger partial charge in [-0.05, 0) is 25.5 Å². The highest BCUT2D eigenvalue weighted by Crippen LogP contribution is 2.26. The van der Waals surface area contributed by atoms with E-state index in [1.54, 1.807) is 0 Å². The predicted octanol–water partition coefficient (Wildman–Crippen LogP) is 3.01. The number of carbonyl (C=O) groups is 1.